The van der Waals surface area contributed by atoms with E-state index in [1.807, 2.05) is 17.0 Å². The summed E-state index contributed by atoms with van der Waals surface area (Å²) >= 11 is 0. The van der Waals surface area contributed by atoms with Crippen molar-refractivity contribution in [1.29, 1.82) is 0 Å². The van der Waals surface area contributed by atoms with Gasteiger partial charge in [-0.3, -0.25) is 4.79 Å². The van der Waals surface area contributed by atoms with Crippen molar-refractivity contribution in [2.24, 2.45) is 5.92 Å². The third-order valence-corrected chi connectivity index (χ3v) is 5.96. The first-order chi connectivity index (χ1) is 14.1. The van der Waals surface area contributed by atoms with Gasteiger partial charge in [-0.05, 0) is 43.0 Å². The summed E-state index contributed by atoms with van der Waals surface area (Å²) in [4.78, 5) is 28.2. The normalized spacial score (nSPS) is 18.1. The second kappa shape index (κ2) is 8.68. The van der Waals surface area contributed by atoms with Gasteiger partial charge in [-0.1, -0.05) is 6.92 Å². The number of benzene rings is 1. The number of carbonyl (C=O) groups excluding carboxylic acids is 1. The maximum Gasteiger partial charge on any atom is 0.257 e. The number of ether oxygens (including phenoxy) is 1. The molecule has 2 aliphatic heterocycles. The Morgan fingerprint density at radius 1 is 0.931 bits per heavy atom. The van der Waals surface area contributed by atoms with Crippen LogP contribution in [0, 0.1) is 5.92 Å². The Labute approximate surface area is 172 Å². The van der Waals surface area contributed by atoms with E-state index in [-0.39, 0.29) is 5.91 Å². The number of hydrogen-bond acceptors (Lipinski definition) is 6. The average molecular weight is 396 g/mol. The van der Waals surface area contributed by atoms with Crippen LogP contribution in [0.5, 0.6) is 5.75 Å². The van der Waals surface area contributed by atoms with Crippen LogP contribution < -0.4 is 14.5 Å². The quantitative estimate of drug-likeness (QED) is 0.793. The molecule has 2 aliphatic rings. The molecule has 154 valence electrons. The van der Waals surface area contributed by atoms with Gasteiger partial charge in [0.25, 0.3) is 5.91 Å². The number of anilines is 2. The highest BCUT2D eigenvalue weighted by atomic mass is 16.5. The molecule has 7 nitrogen and oxygen atoms in total. The van der Waals surface area contributed by atoms with Crippen LogP contribution in [0.4, 0.5) is 11.6 Å². The van der Waals surface area contributed by atoms with Crippen molar-refractivity contribution < 1.29 is 9.53 Å². The molecule has 0 atom stereocenters. The summed E-state index contributed by atoms with van der Waals surface area (Å²) in [5.41, 5.74) is 1.72. The summed E-state index contributed by atoms with van der Waals surface area (Å²) in [5, 5.41) is 0. The zero-order valence-corrected chi connectivity index (χ0v) is 17.3. The van der Waals surface area contributed by atoms with Crippen molar-refractivity contribution >= 4 is 17.5 Å². The highest BCUT2D eigenvalue weighted by Gasteiger charge is 2.24. The molecule has 0 N–H and O–H groups in total. The number of carbonyl (C=O) groups is 1. The first kappa shape index (κ1) is 19.5. The molecule has 0 unspecified atom stereocenters. The number of aromatic nitrogens is 2. The minimum absolute atomic E-state index is 0.0122. The number of nitrogens with zero attached hydrogens (tertiary/aromatic N) is 5. The molecule has 0 saturated carbocycles. The molecule has 29 heavy (non-hydrogen) atoms. The monoisotopic (exact) mass is 395 g/mol. The van der Waals surface area contributed by atoms with E-state index in [0.717, 1.165) is 49.5 Å². The van der Waals surface area contributed by atoms with Gasteiger partial charge in [0.15, 0.2) is 0 Å². The van der Waals surface area contributed by atoms with Crippen LogP contribution in [-0.4, -0.2) is 67.2 Å². The Balaban J connectivity index is 1.33. The van der Waals surface area contributed by atoms with Gasteiger partial charge in [0.1, 0.15) is 5.75 Å². The van der Waals surface area contributed by atoms with Crippen molar-refractivity contribution in [1.82, 2.24) is 14.9 Å². The van der Waals surface area contributed by atoms with E-state index in [2.05, 4.69) is 38.8 Å². The first-order valence-electron chi connectivity index (χ1n) is 10.4. The van der Waals surface area contributed by atoms with Crippen molar-refractivity contribution in [2.45, 2.75) is 19.8 Å². The number of rotatable bonds is 4. The molecule has 3 heterocycles. The SMILES string of the molecule is COc1ccc(N2CCN(C(=O)c3cnc(N4CCC(C)CC4)nc3)CC2)cc1. The molecular formula is C22H29N5O2. The molecule has 1 aromatic carbocycles. The van der Waals surface area contributed by atoms with Crippen LogP contribution in [0.1, 0.15) is 30.1 Å². The maximum atomic E-state index is 12.9. The van der Waals surface area contributed by atoms with E-state index in [9.17, 15) is 4.79 Å². The standard InChI is InChI=1S/C22H29N5O2/c1-17-7-9-27(10-8-17)22-23-15-18(16-24-22)21(28)26-13-11-25(12-14-26)19-3-5-20(29-2)6-4-19/h3-6,15-17H,7-14H2,1-2H3. The van der Waals surface area contributed by atoms with Crippen LogP contribution >= 0.6 is 0 Å². The van der Waals surface area contributed by atoms with Crippen LogP contribution in [0.25, 0.3) is 0 Å². The van der Waals surface area contributed by atoms with E-state index in [1.165, 1.54) is 12.8 Å². The van der Waals surface area contributed by atoms with E-state index < -0.39 is 0 Å². The zero-order valence-electron chi connectivity index (χ0n) is 17.3. The third-order valence-electron chi connectivity index (χ3n) is 5.96. The molecule has 0 bridgehead atoms. The van der Waals surface area contributed by atoms with Gasteiger partial charge in [-0.15, -0.1) is 0 Å². The van der Waals surface area contributed by atoms with Crippen LogP contribution in [-0.2, 0) is 0 Å². The summed E-state index contributed by atoms with van der Waals surface area (Å²) in [6.45, 7) is 7.26. The molecule has 0 aliphatic carbocycles. The highest BCUT2D eigenvalue weighted by Crippen LogP contribution is 2.22. The second-order valence-electron chi connectivity index (χ2n) is 7.92. The lowest BCUT2D eigenvalue weighted by Gasteiger charge is -2.36. The molecule has 0 radical (unpaired) electrons. The molecule has 4 rings (SSSR count). The average Bonchev–Trinajstić information content (AvgIpc) is 2.79. The van der Waals surface area contributed by atoms with Gasteiger partial charge in [-0.25, -0.2) is 9.97 Å². The van der Waals surface area contributed by atoms with Crippen molar-refractivity contribution in [3.05, 3.63) is 42.2 Å². The third kappa shape index (κ3) is 4.44. The summed E-state index contributed by atoms with van der Waals surface area (Å²) in [6, 6.07) is 8.05. The smallest absolute Gasteiger partial charge is 0.257 e. The Kier molecular flexibility index (Phi) is 5.83. The summed E-state index contributed by atoms with van der Waals surface area (Å²) in [6.07, 6.45) is 5.70. The Hall–Kier alpha value is -2.83. The molecule has 0 spiro atoms. The van der Waals surface area contributed by atoms with E-state index in [1.54, 1.807) is 19.5 Å². The number of hydrogen-bond donors (Lipinski definition) is 0. The summed E-state index contributed by atoms with van der Waals surface area (Å²) < 4.78 is 5.22. The fraction of sp³-hybridized carbons (Fsp3) is 0.500. The van der Waals surface area contributed by atoms with Crippen molar-refractivity contribution in [2.75, 3.05) is 56.2 Å². The Morgan fingerprint density at radius 2 is 1.55 bits per heavy atom. The Morgan fingerprint density at radius 3 is 2.14 bits per heavy atom. The lowest BCUT2D eigenvalue weighted by molar-refractivity contribution is 0.0746. The van der Waals surface area contributed by atoms with E-state index in [4.69, 9.17) is 4.74 Å². The predicted molar refractivity (Wildman–Crippen MR) is 114 cm³/mol. The lowest BCUT2D eigenvalue weighted by atomic mass is 10.00. The van der Waals surface area contributed by atoms with Crippen molar-refractivity contribution in [3.63, 3.8) is 0 Å². The Bertz CT molecular complexity index is 808. The second-order valence-corrected chi connectivity index (χ2v) is 7.92. The van der Waals surface area contributed by atoms with Crippen LogP contribution in [0.2, 0.25) is 0 Å². The molecule has 2 aromatic rings. The lowest BCUT2D eigenvalue weighted by Crippen LogP contribution is -2.48. The van der Waals surface area contributed by atoms with Gasteiger partial charge in [0, 0.05) is 57.3 Å². The zero-order chi connectivity index (χ0) is 20.2. The number of piperidine rings is 1. The van der Waals surface area contributed by atoms with Gasteiger partial charge >= 0.3 is 0 Å². The van der Waals surface area contributed by atoms with Gasteiger partial charge in [-0.2, -0.15) is 0 Å². The largest absolute Gasteiger partial charge is 0.497 e. The minimum atomic E-state index is 0.0122. The first-order valence-corrected chi connectivity index (χ1v) is 10.4. The summed E-state index contributed by atoms with van der Waals surface area (Å²) in [5.74, 6) is 2.37. The molecule has 1 amide bonds. The van der Waals surface area contributed by atoms with Gasteiger partial charge in [0.05, 0.1) is 12.7 Å². The van der Waals surface area contributed by atoms with Crippen molar-refractivity contribution in [3.8, 4) is 5.75 Å². The highest BCUT2D eigenvalue weighted by molar-refractivity contribution is 5.93. The topological polar surface area (TPSA) is 61.8 Å². The maximum absolute atomic E-state index is 12.9. The van der Waals surface area contributed by atoms with Crippen LogP contribution in [0.3, 0.4) is 0 Å². The van der Waals surface area contributed by atoms with Gasteiger partial charge < -0.3 is 19.4 Å². The fourth-order valence-corrected chi connectivity index (χ4v) is 3.95. The van der Waals surface area contributed by atoms with E-state index >= 15 is 0 Å². The molecule has 2 fully saturated rings. The molecule has 1 aromatic heterocycles. The number of amides is 1. The molecular weight excluding hydrogens is 366 g/mol. The molecule has 7 heteroatoms. The van der Waals surface area contributed by atoms with Crippen LogP contribution in [0.15, 0.2) is 36.7 Å². The number of piperazine rings is 1. The summed E-state index contributed by atoms with van der Waals surface area (Å²) in [7, 11) is 1.67. The van der Waals surface area contributed by atoms with E-state index in [0.29, 0.717) is 18.7 Å². The number of methoxy groups -OCH3 is 1. The minimum Gasteiger partial charge on any atom is -0.497 e. The fourth-order valence-electron chi connectivity index (χ4n) is 3.95. The predicted octanol–water partition coefficient (Wildman–Crippen LogP) is 2.68. The molecule has 2 saturated heterocycles. The van der Waals surface area contributed by atoms with Gasteiger partial charge in [0.2, 0.25) is 5.95 Å².